The van der Waals surface area contributed by atoms with E-state index in [2.05, 4.69) is 10.1 Å². The van der Waals surface area contributed by atoms with E-state index in [1.165, 1.54) is 11.8 Å². The number of hydrogen-bond donors (Lipinski definition) is 1. The van der Waals surface area contributed by atoms with Crippen molar-refractivity contribution in [1.82, 2.24) is 5.32 Å². The van der Waals surface area contributed by atoms with E-state index in [-0.39, 0.29) is 23.8 Å². The SMILES string of the molecule is CC(C)(C)SCC(=O)NCCOCC(F)(F)F. The van der Waals surface area contributed by atoms with E-state index >= 15 is 0 Å². The van der Waals surface area contributed by atoms with Gasteiger partial charge < -0.3 is 10.1 Å². The summed E-state index contributed by atoms with van der Waals surface area (Å²) in [6.07, 6.45) is -4.31. The van der Waals surface area contributed by atoms with Crippen LogP contribution in [-0.4, -0.2) is 42.3 Å². The van der Waals surface area contributed by atoms with Gasteiger partial charge in [0.25, 0.3) is 0 Å². The van der Waals surface area contributed by atoms with Gasteiger partial charge in [-0.05, 0) is 0 Å². The van der Waals surface area contributed by atoms with Crippen LogP contribution in [0.5, 0.6) is 0 Å². The molecule has 0 aliphatic carbocycles. The predicted molar refractivity (Wildman–Crippen MR) is 62.1 cm³/mol. The van der Waals surface area contributed by atoms with Crippen LogP contribution in [0.4, 0.5) is 13.2 Å². The number of carbonyl (C=O) groups is 1. The number of halogens is 3. The van der Waals surface area contributed by atoms with Gasteiger partial charge >= 0.3 is 6.18 Å². The van der Waals surface area contributed by atoms with E-state index in [0.29, 0.717) is 5.75 Å². The summed E-state index contributed by atoms with van der Waals surface area (Å²) < 4.78 is 39.4. The van der Waals surface area contributed by atoms with Crippen molar-refractivity contribution in [1.29, 1.82) is 0 Å². The van der Waals surface area contributed by atoms with Gasteiger partial charge in [-0.2, -0.15) is 13.2 Å². The second kappa shape index (κ2) is 7.10. The Morgan fingerprint density at radius 2 is 1.88 bits per heavy atom. The highest BCUT2D eigenvalue weighted by molar-refractivity contribution is 8.01. The highest BCUT2D eigenvalue weighted by atomic mass is 32.2. The Hall–Kier alpha value is -0.430. The van der Waals surface area contributed by atoms with Gasteiger partial charge in [-0.1, -0.05) is 20.8 Å². The Labute approximate surface area is 103 Å². The molecule has 0 aliphatic rings. The zero-order chi connectivity index (χ0) is 13.5. The summed E-state index contributed by atoms with van der Waals surface area (Å²) in [5.74, 6) is 0.100. The summed E-state index contributed by atoms with van der Waals surface area (Å²) >= 11 is 1.48. The van der Waals surface area contributed by atoms with Crippen molar-refractivity contribution in [2.24, 2.45) is 0 Å². The molecule has 0 aromatic heterocycles. The molecule has 0 bridgehead atoms. The zero-order valence-corrected chi connectivity index (χ0v) is 11.0. The number of carbonyl (C=O) groups excluding carboxylic acids is 1. The molecule has 1 amide bonds. The van der Waals surface area contributed by atoms with Gasteiger partial charge in [-0.25, -0.2) is 0 Å². The largest absolute Gasteiger partial charge is 0.411 e. The lowest BCUT2D eigenvalue weighted by molar-refractivity contribution is -0.173. The van der Waals surface area contributed by atoms with E-state index in [4.69, 9.17) is 0 Å². The van der Waals surface area contributed by atoms with E-state index in [1.54, 1.807) is 0 Å². The number of ether oxygens (including phenoxy) is 1. The van der Waals surface area contributed by atoms with Crippen LogP contribution in [0, 0.1) is 0 Å². The molecule has 7 heteroatoms. The van der Waals surface area contributed by atoms with Gasteiger partial charge in [0.1, 0.15) is 6.61 Å². The minimum absolute atomic E-state index is 0.00980. The first-order chi connectivity index (χ1) is 7.60. The minimum Gasteiger partial charge on any atom is -0.370 e. The molecule has 0 spiro atoms. The molecule has 0 heterocycles. The lowest BCUT2D eigenvalue weighted by Gasteiger charge is -2.17. The van der Waals surface area contributed by atoms with Crippen molar-refractivity contribution in [3.63, 3.8) is 0 Å². The molecule has 0 aliphatic heterocycles. The quantitative estimate of drug-likeness (QED) is 0.754. The van der Waals surface area contributed by atoms with Crippen LogP contribution in [0.3, 0.4) is 0 Å². The fourth-order valence-corrected chi connectivity index (χ4v) is 1.45. The summed E-state index contributed by atoms with van der Waals surface area (Å²) in [6.45, 7) is 4.64. The second-order valence-corrected chi connectivity index (χ2v) is 6.22. The van der Waals surface area contributed by atoms with Crippen molar-refractivity contribution in [2.45, 2.75) is 31.7 Å². The van der Waals surface area contributed by atoms with Crippen molar-refractivity contribution < 1.29 is 22.7 Å². The first-order valence-corrected chi connectivity index (χ1v) is 6.14. The summed E-state index contributed by atoms with van der Waals surface area (Å²) in [4.78, 5) is 11.2. The van der Waals surface area contributed by atoms with Crippen LogP contribution in [0.2, 0.25) is 0 Å². The number of alkyl halides is 3. The van der Waals surface area contributed by atoms with Gasteiger partial charge in [-0.15, -0.1) is 11.8 Å². The molecule has 102 valence electrons. The van der Waals surface area contributed by atoms with Gasteiger partial charge in [0.05, 0.1) is 12.4 Å². The maximum Gasteiger partial charge on any atom is 0.411 e. The Bertz CT molecular complexity index is 239. The molecule has 0 radical (unpaired) electrons. The van der Waals surface area contributed by atoms with Crippen LogP contribution in [0.15, 0.2) is 0 Å². The molecular formula is C10H18F3NO2S. The van der Waals surface area contributed by atoms with Crippen LogP contribution in [0.1, 0.15) is 20.8 Å². The molecule has 0 fully saturated rings. The molecule has 0 saturated carbocycles. The highest BCUT2D eigenvalue weighted by Crippen LogP contribution is 2.22. The molecule has 0 rings (SSSR count). The van der Waals surface area contributed by atoms with Crippen LogP contribution in [-0.2, 0) is 9.53 Å². The molecule has 0 saturated heterocycles. The first-order valence-electron chi connectivity index (χ1n) is 5.15. The number of rotatable bonds is 6. The van der Waals surface area contributed by atoms with E-state index < -0.39 is 12.8 Å². The lowest BCUT2D eigenvalue weighted by Crippen LogP contribution is -2.31. The summed E-state index contributed by atoms with van der Waals surface area (Å²) in [7, 11) is 0. The van der Waals surface area contributed by atoms with Crippen molar-refractivity contribution in [2.75, 3.05) is 25.5 Å². The molecule has 0 atom stereocenters. The van der Waals surface area contributed by atoms with Crippen LogP contribution in [0.25, 0.3) is 0 Å². The van der Waals surface area contributed by atoms with Gasteiger partial charge in [0.2, 0.25) is 5.91 Å². The minimum atomic E-state index is -4.31. The van der Waals surface area contributed by atoms with Crippen molar-refractivity contribution in [3.8, 4) is 0 Å². The summed E-state index contributed by atoms with van der Waals surface area (Å²) in [5, 5.41) is 2.49. The normalized spacial score (nSPS) is 12.6. The fourth-order valence-electron chi connectivity index (χ4n) is 0.784. The van der Waals surface area contributed by atoms with Gasteiger partial charge in [0.15, 0.2) is 0 Å². The smallest absolute Gasteiger partial charge is 0.370 e. The van der Waals surface area contributed by atoms with E-state index in [0.717, 1.165) is 0 Å². The molecule has 17 heavy (non-hydrogen) atoms. The monoisotopic (exact) mass is 273 g/mol. The number of amides is 1. The molecule has 1 N–H and O–H groups in total. The summed E-state index contributed by atoms with van der Waals surface area (Å²) in [6, 6.07) is 0. The Morgan fingerprint density at radius 1 is 1.29 bits per heavy atom. The molecule has 0 unspecified atom stereocenters. The third kappa shape index (κ3) is 13.5. The lowest BCUT2D eigenvalue weighted by atomic mass is 10.3. The van der Waals surface area contributed by atoms with Gasteiger partial charge in [0, 0.05) is 11.3 Å². The third-order valence-corrected chi connectivity index (χ3v) is 2.74. The summed E-state index contributed by atoms with van der Waals surface area (Å²) in [5.41, 5.74) is 0. The van der Waals surface area contributed by atoms with Crippen LogP contribution < -0.4 is 5.32 Å². The Balaban J connectivity index is 3.47. The molecular weight excluding hydrogens is 255 g/mol. The number of nitrogens with one attached hydrogen (secondary N) is 1. The maximum absolute atomic E-state index is 11.7. The standard InChI is InChI=1S/C10H18F3NO2S/c1-9(2,3)17-6-8(15)14-4-5-16-7-10(11,12)13/h4-7H2,1-3H3,(H,14,15). The van der Waals surface area contributed by atoms with E-state index in [9.17, 15) is 18.0 Å². The first kappa shape index (κ1) is 16.6. The average molecular weight is 273 g/mol. The average Bonchev–Trinajstić information content (AvgIpc) is 2.11. The highest BCUT2D eigenvalue weighted by Gasteiger charge is 2.27. The Morgan fingerprint density at radius 3 is 2.35 bits per heavy atom. The molecule has 3 nitrogen and oxygen atoms in total. The van der Waals surface area contributed by atoms with Crippen molar-refractivity contribution >= 4 is 17.7 Å². The van der Waals surface area contributed by atoms with Crippen molar-refractivity contribution in [3.05, 3.63) is 0 Å². The topological polar surface area (TPSA) is 38.3 Å². The predicted octanol–water partition coefficient (Wildman–Crippen LogP) is 2.21. The van der Waals surface area contributed by atoms with E-state index in [1.807, 2.05) is 20.8 Å². The molecule has 0 aromatic carbocycles. The third-order valence-electron chi connectivity index (χ3n) is 1.47. The maximum atomic E-state index is 11.7. The zero-order valence-electron chi connectivity index (χ0n) is 10.2. The Kier molecular flexibility index (Phi) is 6.92. The second-order valence-electron chi connectivity index (χ2n) is 4.42. The number of hydrogen-bond acceptors (Lipinski definition) is 3. The number of thioether (sulfide) groups is 1. The fraction of sp³-hybridized carbons (Fsp3) is 0.900. The molecule has 0 aromatic rings. The van der Waals surface area contributed by atoms with Gasteiger partial charge in [-0.3, -0.25) is 4.79 Å². The van der Waals surface area contributed by atoms with Crippen LogP contribution >= 0.6 is 11.8 Å².